The Hall–Kier alpha value is -1.54. The van der Waals surface area contributed by atoms with E-state index in [9.17, 15) is 0 Å². The molecule has 102 valence electrons. The summed E-state index contributed by atoms with van der Waals surface area (Å²) >= 11 is 4.00. The molecule has 3 rings (SSSR count). The van der Waals surface area contributed by atoms with Crippen LogP contribution in [0.4, 0.5) is 5.82 Å². The Bertz CT molecular complexity index is 733. The Morgan fingerprint density at radius 2 is 2.00 bits per heavy atom. The second-order valence-electron chi connectivity index (χ2n) is 4.23. The average molecular weight is 397 g/mol. The molecule has 0 aliphatic heterocycles. The number of nitrogens with one attached hydrogen (secondary N) is 1. The number of halogens is 1. The summed E-state index contributed by atoms with van der Waals surface area (Å²) in [6, 6.07) is 9.93. The van der Waals surface area contributed by atoms with Gasteiger partial charge in [0.15, 0.2) is 5.82 Å². The lowest BCUT2D eigenvalue weighted by Crippen LogP contribution is -1.89. The Balaban J connectivity index is 2.10. The van der Waals surface area contributed by atoms with Crippen molar-refractivity contribution in [2.45, 2.75) is 0 Å². The SMILES string of the molecule is COc1ccc(-c2c(N)n[nH]c2-c2csc(I)c2)cc1. The van der Waals surface area contributed by atoms with Gasteiger partial charge in [0.1, 0.15) is 5.75 Å². The quantitative estimate of drug-likeness (QED) is 0.657. The van der Waals surface area contributed by atoms with E-state index in [1.54, 1.807) is 18.4 Å². The number of aromatic amines is 1. The first kappa shape index (κ1) is 13.4. The number of thiophene rings is 1. The molecule has 0 unspecified atom stereocenters. The van der Waals surface area contributed by atoms with E-state index >= 15 is 0 Å². The van der Waals surface area contributed by atoms with Gasteiger partial charge in [0.05, 0.1) is 21.3 Å². The number of hydrogen-bond acceptors (Lipinski definition) is 4. The Kier molecular flexibility index (Phi) is 3.66. The molecular formula is C14H12IN3OS. The van der Waals surface area contributed by atoms with Crippen LogP contribution in [0.2, 0.25) is 0 Å². The lowest BCUT2D eigenvalue weighted by Gasteiger charge is -2.05. The van der Waals surface area contributed by atoms with Crippen molar-refractivity contribution >= 4 is 39.7 Å². The van der Waals surface area contributed by atoms with Crippen molar-refractivity contribution in [1.82, 2.24) is 10.2 Å². The first-order valence-corrected chi connectivity index (χ1v) is 7.87. The van der Waals surface area contributed by atoms with E-state index in [-0.39, 0.29) is 0 Å². The molecule has 2 aromatic heterocycles. The van der Waals surface area contributed by atoms with Crippen molar-refractivity contribution < 1.29 is 4.74 Å². The highest BCUT2D eigenvalue weighted by Gasteiger charge is 2.15. The van der Waals surface area contributed by atoms with Gasteiger partial charge < -0.3 is 10.5 Å². The predicted octanol–water partition coefficient (Wildman–Crippen LogP) is 4.00. The number of rotatable bonds is 3. The number of aromatic nitrogens is 2. The Morgan fingerprint density at radius 3 is 2.60 bits per heavy atom. The van der Waals surface area contributed by atoms with Gasteiger partial charge in [0.2, 0.25) is 0 Å². The van der Waals surface area contributed by atoms with E-state index in [0.29, 0.717) is 5.82 Å². The number of ether oxygens (including phenoxy) is 1. The molecule has 6 heteroatoms. The Morgan fingerprint density at radius 1 is 1.25 bits per heavy atom. The third kappa shape index (κ3) is 2.40. The van der Waals surface area contributed by atoms with Crippen LogP contribution in [-0.2, 0) is 0 Å². The van der Waals surface area contributed by atoms with Crippen molar-refractivity contribution in [3.8, 4) is 28.1 Å². The van der Waals surface area contributed by atoms with Crippen LogP contribution in [0.5, 0.6) is 5.75 Å². The highest BCUT2D eigenvalue weighted by atomic mass is 127. The summed E-state index contributed by atoms with van der Waals surface area (Å²) in [5.41, 5.74) is 10.0. The monoisotopic (exact) mass is 397 g/mol. The van der Waals surface area contributed by atoms with Gasteiger partial charge in [-0.05, 0) is 46.4 Å². The molecule has 4 nitrogen and oxygen atoms in total. The summed E-state index contributed by atoms with van der Waals surface area (Å²) in [7, 11) is 1.65. The van der Waals surface area contributed by atoms with E-state index in [0.717, 1.165) is 28.1 Å². The lowest BCUT2D eigenvalue weighted by molar-refractivity contribution is 0.415. The highest BCUT2D eigenvalue weighted by molar-refractivity contribution is 14.1. The summed E-state index contributed by atoms with van der Waals surface area (Å²) in [5.74, 6) is 1.33. The molecule has 0 fully saturated rings. The third-order valence-corrected chi connectivity index (χ3v) is 4.82. The van der Waals surface area contributed by atoms with Gasteiger partial charge in [-0.25, -0.2) is 0 Å². The van der Waals surface area contributed by atoms with E-state index < -0.39 is 0 Å². The van der Waals surface area contributed by atoms with Gasteiger partial charge in [-0.3, -0.25) is 5.10 Å². The molecule has 20 heavy (non-hydrogen) atoms. The molecule has 0 amide bonds. The van der Waals surface area contributed by atoms with Crippen LogP contribution in [0.25, 0.3) is 22.4 Å². The summed E-state index contributed by atoms with van der Waals surface area (Å²) < 4.78 is 6.41. The molecule has 0 bridgehead atoms. The van der Waals surface area contributed by atoms with Crippen LogP contribution in [-0.4, -0.2) is 17.3 Å². The standard InChI is InChI=1S/C14H12IN3OS/c1-19-10-4-2-8(3-5-10)12-13(17-18-14(12)16)9-6-11(15)20-7-9/h2-7H,1H3,(H3,16,17,18). The van der Waals surface area contributed by atoms with Gasteiger partial charge in [-0.1, -0.05) is 12.1 Å². The molecule has 0 aliphatic rings. The van der Waals surface area contributed by atoms with Crippen LogP contribution in [0.15, 0.2) is 35.7 Å². The van der Waals surface area contributed by atoms with Gasteiger partial charge in [0.25, 0.3) is 0 Å². The van der Waals surface area contributed by atoms with E-state index in [1.165, 1.54) is 2.88 Å². The zero-order valence-corrected chi connectivity index (χ0v) is 13.7. The Labute approximate surface area is 134 Å². The van der Waals surface area contributed by atoms with Crippen molar-refractivity contribution in [2.75, 3.05) is 12.8 Å². The fourth-order valence-corrected chi connectivity index (χ4v) is 3.39. The minimum absolute atomic E-state index is 0.506. The molecule has 0 aliphatic carbocycles. The van der Waals surface area contributed by atoms with E-state index in [1.807, 2.05) is 24.3 Å². The number of hydrogen-bond donors (Lipinski definition) is 2. The molecule has 1 aromatic carbocycles. The topological polar surface area (TPSA) is 63.9 Å². The number of nitrogens with zero attached hydrogens (tertiary/aromatic N) is 1. The highest BCUT2D eigenvalue weighted by Crippen LogP contribution is 2.37. The van der Waals surface area contributed by atoms with Crippen LogP contribution < -0.4 is 10.5 Å². The van der Waals surface area contributed by atoms with Gasteiger partial charge in [0, 0.05) is 10.9 Å². The maximum absolute atomic E-state index is 6.02. The van der Waals surface area contributed by atoms with Crippen LogP contribution in [0, 0.1) is 2.88 Å². The molecule has 0 saturated heterocycles. The molecule has 0 spiro atoms. The van der Waals surface area contributed by atoms with Gasteiger partial charge in [-0.15, -0.1) is 11.3 Å². The minimum Gasteiger partial charge on any atom is -0.497 e. The number of methoxy groups -OCH3 is 1. The molecule has 0 saturated carbocycles. The van der Waals surface area contributed by atoms with E-state index in [4.69, 9.17) is 10.5 Å². The van der Waals surface area contributed by atoms with Gasteiger partial charge >= 0.3 is 0 Å². The lowest BCUT2D eigenvalue weighted by atomic mass is 10.0. The molecule has 2 heterocycles. The first-order valence-electron chi connectivity index (χ1n) is 5.91. The summed E-state index contributed by atoms with van der Waals surface area (Å²) in [6.07, 6.45) is 0. The number of H-pyrrole nitrogens is 1. The summed E-state index contributed by atoms with van der Waals surface area (Å²) in [5, 5.41) is 9.27. The van der Waals surface area contributed by atoms with E-state index in [2.05, 4.69) is 44.2 Å². The second-order valence-corrected chi connectivity index (χ2v) is 7.03. The fourth-order valence-electron chi connectivity index (χ4n) is 2.06. The second kappa shape index (κ2) is 5.45. The summed E-state index contributed by atoms with van der Waals surface area (Å²) in [4.78, 5) is 0. The largest absolute Gasteiger partial charge is 0.497 e. The third-order valence-electron chi connectivity index (χ3n) is 3.03. The smallest absolute Gasteiger partial charge is 0.153 e. The molecule has 0 atom stereocenters. The molecule has 0 radical (unpaired) electrons. The molecule has 3 aromatic rings. The van der Waals surface area contributed by atoms with Crippen molar-refractivity contribution in [1.29, 1.82) is 0 Å². The summed E-state index contributed by atoms with van der Waals surface area (Å²) in [6.45, 7) is 0. The number of benzene rings is 1. The predicted molar refractivity (Wildman–Crippen MR) is 91.0 cm³/mol. The van der Waals surface area contributed by atoms with Crippen LogP contribution in [0.3, 0.4) is 0 Å². The van der Waals surface area contributed by atoms with Crippen molar-refractivity contribution in [2.24, 2.45) is 0 Å². The first-order chi connectivity index (χ1) is 9.69. The molecular weight excluding hydrogens is 385 g/mol. The maximum atomic E-state index is 6.02. The normalized spacial score (nSPS) is 10.7. The molecule has 3 N–H and O–H groups in total. The number of nitrogens with two attached hydrogens (primary N) is 1. The number of anilines is 1. The fraction of sp³-hybridized carbons (Fsp3) is 0.0714. The van der Waals surface area contributed by atoms with Crippen molar-refractivity contribution in [3.63, 3.8) is 0 Å². The van der Waals surface area contributed by atoms with Crippen molar-refractivity contribution in [3.05, 3.63) is 38.6 Å². The zero-order valence-electron chi connectivity index (χ0n) is 10.7. The average Bonchev–Trinajstić information content (AvgIpc) is 3.05. The minimum atomic E-state index is 0.506. The van der Waals surface area contributed by atoms with Crippen LogP contribution in [0.1, 0.15) is 0 Å². The maximum Gasteiger partial charge on any atom is 0.153 e. The van der Waals surface area contributed by atoms with Gasteiger partial charge in [-0.2, -0.15) is 5.10 Å². The zero-order chi connectivity index (χ0) is 14.1. The number of nitrogen functional groups attached to an aromatic ring is 1. The van der Waals surface area contributed by atoms with Crippen LogP contribution >= 0.6 is 33.9 Å².